The number of nitrogens with zero attached hydrogens (tertiary/aromatic N) is 5. The van der Waals surface area contributed by atoms with Gasteiger partial charge in [0.1, 0.15) is 11.2 Å². The van der Waals surface area contributed by atoms with Crippen molar-refractivity contribution in [3.8, 4) is 28.3 Å². The van der Waals surface area contributed by atoms with Gasteiger partial charge in [0.15, 0.2) is 22.0 Å². The molecule has 5 aromatic rings. The van der Waals surface area contributed by atoms with Gasteiger partial charge in [-0.2, -0.15) is 9.78 Å². The first-order valence-corrected chi connectivity index (χ1v) is 14.3. The molecule has 1 saturated heterocycles. The van der Waals surface area contributed by atoms with E-state index in [-0.39, 0.29) is 16.1 Å². The fourth-order valence-electron chi connectivity index (χ4n) is 4.83. The summed E-state index contributed by atoms with van der Waals surface area (Å²) in [6, 6.07) is 13.4. The van der Waals surface area contributed by atoms with Gasteiger partial charge in [0, 0.05) is 52.8 Å². The van der Waals surface area contributed by atoms with E-state index >= 15 is 0 Å². The number of aliphatic hydroxyl groups is 1. The number of aromatic nitrogens is 4. The maximum Gasteiger partial charge on any atom is 0.298 e. The molecule has 39 heavy (non-hydrogen) atoms. The smallest absolute Gasteiger partial charge is 0.298 e. The number of hydrogen-bond donors (Lipinski definition) is 1. The lowest BCUT2D eigenvalue weighted by molar-refractivity contribution is 0.198. The third kappa shape index (κ3) is 4.69. The quantitative estimate of drug-likeness (QED) is 0.340. The van der Waals surface area contributed by atoms with Crippen molar-refractivity contribution in [1.29, 1.82) is 0 Å². The molecular formula is C27H22ClN5O5S. The predicted molar refractivity (Wildman–Crippen MR) is 147 cm³/mol. The molecule has 0 spiro atoms. The van der Waals surface area contributed by atoms with Crippen LogP contribution < -0.4 is 10.5 Å². The second-order valence-electron chi connectivity index (χ2n) is 9.37. The van der Waals surface area contributed by atoms with Gasteiger partial charge in [0.2, 0.25) is 0 Å². The van der Waals surface area contributed by atoms with Crippen molar-refractivity contribution in [3.05, 3.63) is 82.7 Å². The van der Waals surface area contributed by atoms with Gasteiger partial charge >= 0.3 is 0 Å². The monoisotopic (exact) mass is 563 g/mol. The summed E-state index contributed by atoms with van der Waals surface area (Å²) in [6.07, 6.45) is 5.55. The molecular weight excluding hydrogens is 542 g/mol. The average molecular weight is 564 g/mol. The average Bonchev–Trinajstić information content (AvgIpc) is 3.60. The highest BCUT2D eigenvalue weighted by Gasteiger charge is 2.25. The minimum Gasteiger partial charge on any atom is -0.444 e. The standard InChI is InChI=1S/C27H22ClN5O5S/c1-39(36,37)24-5-4-19(32-8-6-20(34)14-32)12-22(24)33-27(35)26-21(3-2-7-30-26)25(31-33)17-9-16(10-18(28)11-17)23-13-29-15-38-23/h2-5,7,9-13,15,20,34H,6,8,14H2,1H3/t20-/m0/s1. The highest BCUT2D eigenvalue weighted by molar-refractivity contribution is 7.90. The summed E-state index contributed by atoms with van der Waals surface area (Å²) in [5.74, 6) is 0.495. The first-order valence-electron chi connectivity index (χ1n) is 12.0. The Hall–Kier alpha value is -4.06. The van der Waals surface area contributed by atoms with E-state index in [1.54, 1.807) is 48.7 Å². The highest BCUT2D eigenvalue weighted by atomic mass is 35.5. The first kappa shape index (κ1) is 25.2. The van der Waals surface area contributed by atoms with Crippen LogP contribution in [-0.2, 0) is 9.84 Å². The summed E-state index contributed by atoms with van der Waals surface area (Å²) in [5.41, 5.74) is 1.90. The Morgan fingerprint density at radius 2 is 1.95 bits per heavy atom. The van der Waals surface area contributed by atoms with Crippen LogP contribution in [0.3, 0.4) is 0 Å². The summed E-state index contributed by atoms with van der Waals surface area (Å²) in [7, 11) is -3.75. The molecule has 1 aliphatic heterocycles. The van der Waals surface area contributed by atoms with Gasteiger partial charge < -0.3 is 14.4 Å². The minimum atomic E-state index is -3.75. The van der Waals surface area contributed by atoms with Crippen LogP contribution in [0.1, 0.15) is 6.42 Å². The number of anilines is 1. The van der Waals surface area contributed by atoms with Crippen LogP contribution in [0.15, 0.2) is 81.4 Å². The van der Waals surface area contributed by atoms with E-state index in [2.05, 4.69) is 15.1 Å². The van der Waals surface area contributed by atoms with E-state index in [9.17, 15) is 18.3 Å². The molecule has 0 amide bonds. The molecule has 1 fully saturated rings. The Labute approximate surface area is 228 Å². The summed E-state index contributed by atoms with van der Waals surface area (Å²) < 4.78 is 32.1. The van der Waals surface area contributed by atoms with Crippen LogP contribution in [0.5, 0.6) is 0 Å². The number of pyridine rings is 1. The van der Waals surface area contributed by atoms with E-state index in [1.807, 2.05) is 4.90 Å². The van der Waals surface area contributed by atoms with E-state index in [0.717, 1.165) is 10.9 Å². The third-order valence-electron chi connectivity index (χ3n) is 6.64. The number of benzene rings is 2. The molecule has 4 heterocycles. The summed E-state index contributed by atoms with van der Waals surface area (Å²) >= 11 is 6.47. The molecule has 3 aromatic heterocycles. The first-order chi connectivity index (χ1) is 18.7. The molecule has 0 saturated carbocycles. The number of aliphatic hydroxyl groups excluding tert-OH is 1. The Morgan fingerprint density at radius 1 is 1.13 bits per heavy atom. The molecule has 0 aliphatic carbocycles. The van der Waals surface area contributed by atoms with Crippen molar-refractivity contribution >= 4 is 38.0 Å². The van der Waals surface area contributed by atoms with Gasteiger partial charge in [0.25, 0.3) is 5.56 Å². The maximum absolute atomic E-state index is 13.7. The Bertz CT molecular complexity index is 1890. The molecule has 2 aromatic carbocycles. The number of fused-ring (bicyclic) bond motifs is 1. The van der Waals surface area contributed by atoms with E-state index in [0.29, 0.717) is 58.2 Å². The fourth-order valence-corrected chi connectivity index (χ4v) is 5.90. The number of oxazole rings is 1. The number of β-amino-alcohol motifs (C(OH)–C–C–N with tert-alkyl or cyclic N) is 1. The number of sulfone groups is 1. The van der Waals surface area contributed by atoms with Gasteiger partial charge in [-0.3, -0.25) is 9.78 Å². The van der Waals surface area contributed by atoms with Gasteiger partial charge in [-0.25, -0.2) is 13.4 Å². The second-order valence-corrected chi connectivity index (χ2v) is 11.8. The lowest BCUT2D eigenvalue weighted by Gasteiger charge is -2.20. The molecule has 0 bridgehead atoms. The van der Waals surface area contributed by atoms with Crippen molar-refractivity contribution in [3.63, 3.8) is 0 Å². The van der Waals surface area contributed by atoms with Crippen molar-refractivity contribution in [1.82, 2.24) is 19.7 Å². The molecule has 0 radical (unpaired) electrons. The van der Waals surface area contributed by atoms with Gasteiger partial charge in [-0.1, -0.05) is 11.6 Å². The Kier molecular flexibility index (Phi) is 6.21. The highest BCUT2D eigenvalue weighted by Crippen LogP contribution is 2.33. The van der Waals surface area contributed by atoms with Crippen molar-refractivity contribution in [2.45, 2.75) is 17.4 Å². The number of hydrogen-bond acceptors (Lipinski definition) is 9. The van der Waals surface area contributed by atoms with Gasteiger partial charge in [0.05, 0.1) is 22.9 Å². The third-order valence-corrected chi connectivity index (χ3v) is 8.01. The summed E-state index contributed by atoms with van der Waals surface area (Å²) in [4.78, 5) is 23.9. The lowest BCUT2D eigenvalue weighted by atomic mass is 10.0. The second kappa shape index (κ2) is 9.60. The fraction of sp³-hybridized carbons (Fsp3) is 0.185. The number of halogens is 1. The minimum absolute atomic E-state index is 0.0599. The zero-order valence-electron chi connectivity index (χ0n) is 20.7. The Balaban J connectivity index is 1.63. The molecule has 12 heteroatoms. The largest absolute Gasteiger partial charge is 0.444 e. The molecule has 10 nitrogen and oxygen atoms in total. The zero-order chi connectivity index (χ0) is 27.3. The van der Waals surface area contributed by atoms with E-state index in [4.69, 9.17) is 16.0 Å². The van der Waals surface area contributed by atoms with Crippen LogP contribution in [0.25, 0.3) is 39.2 Å². The van der Waals surface area contributed by atoms with Gasteiger partial charge in [-0.15, -0.1) is 0 Å². The van der Waals surface area contributed by atoms with Gasteiger partial charge in [-0.05, 0) is 55.0 Å². The molecule has 6 rings (SSSR count). The summed E-state index contributed by atoms with van der Waals surface area (Å²) in [5, 5.41) is 15.6. The van der Waals surface area contributed by atoms with Crippen LogP contribution in [-0.4, -0.2) is 58.7 Å². The normalized spacial score (nSPS) is 15.8. The van der Waals surface area contributed by atoms with Crippen molar-refractivity contribution in [2.24, 2.45) is 0 Å². The van der Waals surface area contributed by atoms with Crippen molar-refractivity contribution in [2.75, 3.05) is 24.2 Å². The molecule has 1 aliphatic rings. The summed E-state index contributed by atoms with van der Waals surface area (Å²) in [6.45, 7) is 0.996. The predicted octanol–water partition coefficient (Wildman–Crippen LogP) is 3.73. The Morgan fingerprint density at radius 3 is 2.67 bits per heavy atom. The SMILES string of the molecule is CS(=O)(=O)c1ccc(N2CC[C@H](O)C2)cc1-n1nc(-c2cc(Cl)cc(-c3cnco3)c2)c2cccnc2c1=O. The molecule has 0 unspecified atom stereocenters. The topological polar surface area (TPSA) is 131 Å². The van der Waals surface area contributed by atoms with Crippen molar-refractivity contribution < 1.29 is 17.9 Å². The zero-order valence-corrected chi connectivity index (χ0v) is 22.2. The van der Waals surface area contributed by atoms with Crippen LogP contribution in [0, 0.1) is 0 Å². The van der Waals surface area contributed by atoms with E-state index < -0.39 is 21.5 Å². The van der Waals surface area contributed by atoms with Crippen LogP contribution >= 0.6 is 11.6 Å². The number of rotatable bonds is 5. The van der Waals surface area contributed by atoms with Crippen LogP contribution in [0.4, 0.5) is 5.69 Å². The lowest BCUT2D eigenvalue weighted by Crippen LogP contribution is -2.26. The van der Waals surface area contributed by atoms with Crippen LogP contribution in [0.2, 0.25) is 5.02 Å². The molecule has 198 valence electrons. The molecule has 1 N–H and O–H groups in total. The van der Waals surface area contributed by atoms with E-state index in [1.165, 1.54) is 18.7 Å². The molecule has 1 atom stereocenters. The maximum atomic E-state index is 13.7.